The largest absolute Gasteiger partial charge is 0.450 e. The maximum Gasteiger partial charge on any atom is 0.297 e. The van der Waals surface area contributed by atoms with Gasteiger partial charge in [0.2, 0.25) is 5.76 Å². The summed E-state index contributed by atoms with van der Waals surface area (Å²) in [5.74, 6) is -0.326. The number of fused-ring (bicyclic) bond motifs is 2. The molecule has 1 atom stereocenters. The summed E-state index contributed by atoms with van der Waals surface area (Å²) < 4.78 is 5.84. The van der Waals surface area contributed by atoms with Crippen LogP contribution in [0.4, 0.5) is 5.13 Å². The molecule has 1 amide bonds. The van der Waals surface area contributed by atoms with E-state index < -0.39 is 6.04 Å². The number of carbonyl (C=O) groups excluding carboxylic acids is 1. The van der Waals surface area contributed by atoms with Gasteiger partial charge in [-0.2, -0.15) is 0 Å². The zero-order valence-corrected chi connectivity index (χ0v) is 14.1. The number of nitrogens with zero attached hydrogens (tertiary/aromatic N) is 3. The van der Waals surface area contributed by atoms with Crippen LogP contribution in [-0.4, -0.2) is 15.9 Å². The molecule has 1 aliphatic rings. The van der Waals surface area contributed by atoms with Crippen molar-refractivity contribution in [3.63, 3.8) is 0 Å². The summed E-state index contributed by atoms with van der Waals surface area (Å²) in [4.78, 5) is 36.4. The Bertz CT molecular complexity index is 1190. The van der Waals surface area contributed by atoms with Crippen molar-refractivity contribution in [1.29, 1.82) is 0 Å². The average Bonchev–Trinajstić information content (AvgIpc) is 3.30. The molecule has 0 radical (unpaired) electrons. The van der Waals surface area contributed by atoms with Gasteiger partial charge in [0.15, 0.2) is 10.6 Å². The molecule has 5 rings (SSSR count). The van der Waals surface area contributed by atoms with Crippen molar-refractivity contribution >= 4 is 33.3 Å². The maximum absolute atomic E-state index is 13.2. The van der Waals surface area contributed by atoms with Gasteiger partial charge in [-0.15, -0.1) is 11.3 Å². The lowest BCUT2D eigenvalue weighted by Gasteiger charge is -2.21. The van der Waals surface area contributed by atoms with Gasteiger partial charge in [-0.05, 0) is 24.3 Å². The number of anilines is 1. The summed E-state index contributed by atoms with van der Waals surface area (Å²) in [6.07, 6.45) is 3.26. The molecule has 0 spiro atoms. The van der Waals surface area contributed by atoms with Crippen molar-refractivity contribution in [3.05, 3.63) is 87.5 Å². The van der Waals surface area contributed by atoms with Crippen LogP contribution in [0.25, 0.3) is 11.0 Å². The highest BCUT2D eigenvalue weighted by atomic mass is 32.1. The van der Waals surface area contributed by atoms with Crippen LogP contribution in [0, 0.1) is 0 Å². The topological polar surface area (TPSA) is 76.3 Å². The standard InChI is InChI=1S/C19H11N3O3S/c23-16-11-5-1-2-7-13(11)25-17-14(16)15(12-6-3-4-8-20-12)22(18(17)24)19-21-9-10-26-19/h1-10,15H/t15-/m1/s1. The fourth-order valence-electron chi connectivity index (χ4n) is 3.27. The third kappa shape index (κ3) is 2.04. The van der Waals surface area contributed by atoms with E-state index in [9.17, 15) is 9.59 Å². The zero-order valence-electron chi connectivity index (χ0n) is 13.3. The number of carbonyl (C=O) groups is 1. The van der Waals surface area contributed by atoms with Crippen LogP contribution in [0.5, 0.6) is 0 Å². The average molecular weight is 361 g/mol. The van der Waals surface area contributed by atoms with Crippen LogP contribution >= 0.6 is 11.3 Å². The van der Waals surface area contributed by atoms with E-state index in [1.165, 1.54) is 16.2 Å². The van der Waals surface area contributed by atoms with E-state index in [1.54, 1.807) is 54.2 Å². The van der Waals surface area contributed by atoms with Crippen molar-refractivity contribution in [2.75, 3.05) is 4.90 Å². The predicted molar refractivity (Wildman–Crippen MR) is 97.5 cm³/mol. The molecule has 4 heterocycles. The van der Waals surface area contributed by atoms with Gasteiger partial charge in [0.05, 0.1) is 16.6 Å². The Balaban J connectivity index is 1.85. The molecule has 6 nitrogen and oxygen atoms in total. The molecule has 0 aliphatic carbocycles. The van der Waals surface area contributed by atoms with Crippen molar-refractivity contribution < 1.29 is 9.21 Å². The minimum atomic E-state index is -0.661. The number of pyridine rings is 1. The number of benzene rings is 1. The Labute approximate surface area is 151 Å². The van der Waals surface area contributed by atoms with Gasteiger partial charge in [0.25, 0.3) is 5.91 Å². The molecule has 0 bridgehead atoms. The SMILES string of the molecule is O=C1c2oc3ccccc3c(=O)c2[C@@H](c2ccccn2)N1c1nccs1. The lowest BCUT2D eigenvalue weighted by Crippen LogP contribution is -2.29. The van der Waals surface area contributed by atoms with Crippen LogP contribution in [-0.2, 0) is 0 Å². The van der Waals surface area contributed by atoms with Gasteiger partial charge in [0, 0.05) is 17.8 Å². The summed E-state index contributed by atoms with van der Waals surface area (Å²) in [6, 6.07) is 11.7. The fourth-order valence-corrected chi connectivity index (χ4v) is 3.94. The molecule has 7 heteroatoms. The predicted octanol–water partition coefficient (Wildman–Crippen LogP) is 3.39. The van der Waals surface area contributed by atoms with E-state index >= 15 is 0 Å². The Morgan fingerprint density at radius 3 is 2.62 bits per heavy atom. The van der Waals surface area contributed by atoms with Gasteiger partial charge in [-0.3, -0.25) is 19.5 Å². The maximum atomic E-state index is 13.2. The summed E-state index contributed by atoms with van der Waals surface area (Å²) in [7, 11) is 0. The second-order valence-electron chi connectivity index (χ2n) is 5.82. The molecule has 0 saturated heterocycles. The highest BCUT2D eigenvalue weighted by Gasteiger charge is 2.45. The Hall–Kier alpha value is -3.32. The van der Waals surface area contributed by atoms with Crippen LogP contribution in [0.3, 0.4) is 0 Å². The first kappa shape index (κ1) is 15.0. The number of thiazole rings is 1. The quantitative estimate of drug-likeness (QED) is 0.547. The van der Waals surface area contributed by atoms with E-state index in [1.807, 2.05) is 6.07 Å². The molecule has 1 aliphatic heterocycles. The number of aromatic nitrogens is 2. The van der Waals surface area contributed by atoms with E-state index in [0.717, 1.165) is 0 Å². The van der Waals surface area contributed by atoms with E-state index in [4.69, 9.17) is 4.42 Å². The summed E-state index contributed by atoms with van der Waals surface area (Å²) in [5, 5.41) is 2.73. The second kappa shape index (κ2) is 5.60. The Morgan fingerprint density at radius 1 is 1.00 bits per heavy atom. The molecule has 0 saturated carbocycles. The summed E-state index contributed by atoms with van der Waals surface area (Å²) in [5.41, 5.74) is 1.08. The van der Waals surface area contributed by atoms with Gasteiger partial charge in [-0.1, -0.05) is 18.2 Å². The molecule has 0 fully saturated rings. The summed E-state index contributed by atoms with van der Waals surface area (Å²) >= 11 is 1.33. The number of rotatable bonds is 2. The first-order valence-electron chi connectivity index (χ1n) is 7.95. The third-order valence-corrected chi connectivity index (χ3v) is 5.14. The number of para-hydroxylation sites is 1. The van der Waals surface area contributed by atoms with Gasteiger partial charge >= 0.3 is 0 Å². The fraction of sp³-hybridized carbons (Fsp3) is 0.0526. The number of amides is 1. The molecule has 1 aromatic carbocycles. The third-order valence-electron chi connectivity index (χ3n) is 4.37. The molecular formula is C19H11N3O3S. The zero-order chi connectivity index (χ0) is 17.7. The van der Waals surface area contributed by atoms with Crippen molar-refractivity contribution in [2.45, 2.75) is 6.04 Å². The number of hydrogen-bond donors (Lipinski definition) is 0. The minimum Gasteiger partial charge on any atom is -0.450 e. The lowest BCUT2D eigenvalue weighted by atomic mass is 10.0. The number of hydrogen-bond acceptors (Lipinski definition) is 6. The van der Waals surface area contributed by atoms with Gasteiger partial charge < -0.3 is 4.42 Å². The first-order chi connectivity index (χ1) is 12.8. The first-order valence-corrected chi connectivity index (χ1v) is 8.83. The molecule has 26 heavy (non-hydrogen) atoms. The molecule has 4 aromatic rings. The van der Waals surface area contributed by atoms with Crippen molar-refractivity contribution in [2.24, 2.45) is 0 Å². The van der Waals surface area contributed by atoms with Crippen LogP contribution in [0.15, 0.2) is 69.5 Å². The molecule has 126 valence electrons. The van der Waals surface area contributed by atoms with Gasteiger partial charge in [0.1, 0.15) is 11.6 Å². The second-order valence-corrected chi connectivity index (χ2v) is 6.69. The van der Waals surface area contributed by atoms with Crippen LogP contribution in [0.1, 0.15) is 27.9 Å². The van der Waals surface area contributed by atoms with E-state index in [0.29, 0.717) is 27.4 Å². The van der Waals surface area contributed by atoms with Crippen LogP contribution in [0.2, 0.25) is 0 Å². The van der Waals surface area contributed by atoms with Crippen molar-refractivity contribution in [1.82, 2.24) is 9.97 Å². The highest BCUT2D eigenvalue weighted by molar-refractivity contribution is 7.13. The highest BCUT2D eigenvalue weighted by Crippen LogP contribution is 2.40. The van der Waals surface area contributed by atoms with Crippen molar-refractivity contribution in [3.8, 4) is 0 Å². The Kier molecular flexibility index (Phi) is 3.23. The molecule has 0 N–H and O–H groups in total. The smallest absolute Gasteiger partial charge is 0.297 e. The van der Waals surface area contributed by atoms with E-state index in [-0.39, 0.29) is 17.1 Å². The lowest BCUT2D eigenvalue weighted by molar-refractivity contribution is 0.0970. The monoisotopic (exact) mass is 361 g/mol. The molecule has 0 unspecified atom stereocenters. The van der Waals surface area contributed by atoms with Gasteiger partial charge in [-0.25, -0.2) is 4.98 Å². The molecule has 3 aromatic heterocycles. The Morgan fingerprint density at radius 2 is 1.85 bits per heavy atom. The van der Waals surface area contributed by atoms with E-state index in [2.05, 4.69) is 9.97 Å². The minimum absolute atomic E-state index is 0.0551. The van der Waals surface area contributed by atoms with Crippen LogP contribution < -0.4 is 10.3 Å². The normalized spacial score (nSPS) is 16.2. The summed E-state index contributed by atoms with van der Waals surface area (Å²) in [6.45, 7) is 0. The molecular weight excluding hydrogens is 350 g/mol.